The highest BCUT2D eigenvalue weighted by atomic mass is 16.1. The quantitative estimate of drug-likeness (QED) is 0.521. The molecule has 4 aromatic rings. The fourth-order valence-corrected chi connectivity index (χ4v) is 4.53. The third-order valence-corrected chi connectivity index (χ3v) is 6.12. The van der Waals surface area contributed by atoms with E-state index in [0.29, 0.717) is 27.3 Å². The number of hydrogen-bond acceptors (Lipinski definition) is 6. The molecule has 0 radical (unpaired) electrons. The number of hydrogen-bond donors (Lipinski definition) is 2. The van der Waals surface area contributed by atoms with E-state index in [1.54, 1.807) is 29.2 Å². The number of carbonyl (C=O) groups excluding carboxylic acids is 1. The number of aromatic nitrogens is 5. The van der Waals surface area contributed by atoms with Crippen LogP contribution in [0.25, 0.3) is 32.9 Å². The zero-order chi connectivity index (χ0) is 21.5. The lowest BCUT2D eigenvalue weighted by Gasteiger charge is -2.25. The minimum Gasteiger partial charge on any atom is -0.320 e. The first-order valence-electron chi connectivity index (χ1n) is 10.5. The molecule has 0 bridgehead atoms. The van der Waals surface area contributed by atoms with E-state index in [9.17, 15) is 9.59 Å². The van der Waals surface area contributed by atoms with E-state index >= 15 is 0 Å². The van der Waals surface area contributed by atoms with Gasteiger partial charge in [-0.05, 0) is 30.9 Å². The zero-order valence-electron chi connectivity index (χ0n) is 17.2. The van der Waals surface area contributed by atoms with Gasteiger partial charge in [-0.3, -0.25) is 14.3 Å². The summed E-state index contributed by atoms with van der Waals surface area (Å²) in [6, 6.07) is 2.71. The van der Waals surface area contributed by atoms with E-state index in [-0.39, 0.29) is 17.4 Å². The molecule has 3 aromatic heterocycles. The summed E-state index contributed by atoms with van der Waals surface area (Å²) in [5, 5.41) is 12.9. The highest BCUT2D eigenvalue weighted by Gasteiger charge is 2.26. The summed E-state index contributed by atoms with van der Waals surface area (Å²) in [4.78, 5) is 34.4. The summed E-state index contributed by atoms with van der Waals surface area (Å²) >= 11 is 0. The van der Waals surface area contributed by atoms with E-state index in [0.717, 1.165) is 36.6 Å². The summed E-state index contributed by atoms with van der Waals surface area (Å²) < 4.78 is 1.69. The van der Waals surface area contributed by atoms with Crippen LogP contribution in [0.15, 0.2) is 40.5 Å². The Labute approximate surface area is 177 Å². The fourth-order valence-electron chi connectivity index (χ4n) is 4.53. The molecule has 1 atom stereocenters. The maximum Gasteiger partial charge on any atom is 0.272 e. The van der Waals surface area contributed by atoms with Gasteiger partial charge in [-0.25, -0.2) is 15.1 Å². The van der Waals surface area contributed by atoms with Crippen molar-refractivity contribution in [1.29, 1.82) is 0 Å². The van der Waals surface area contributed by atoms with Crippen LogP contribution in [0.1, 0.15) is 32.1 Å². The smallest absolute Gasteiger partial charge is 0.272 e. The molecule has 3 N–H and O–H groups in total. The van der Waals surface area contributed by atoms with E-state index in [1.165, 1.54) is 6.42 Å². The van der Waals surface area contributed by atoms with Gasteiger partial charge in [0.15, 0.2) is 0 Å². The van der Waals surface area contributed by atoms with Crippen molar-refractivity contribution in [3.05, 3.63) is 46.4 Å². The molecule has 0 spiro atoms. The first kappa shape index (κ1) is 19.5. The van der Waals surface area contributed by atoms with Gasteiger partial charge in [-0.1, -0.05) is 19.3 Å². The molecule has 0 saturated heterocycles. The molecule has 5 rings (SSSR count). The lowest BCUT2D eigenvalue weighted by Crippen LogP contribution is -2.39. The van der Waals surface area contributed by atoms with Crippen molar-refractivity contribution in [2.24, 2.45) is 23.7 Å². The Bertz CT molecular complexity index is 1400. The molecule has 1 amide bonds. The molecule has 9 heteroatoms. The van der Waals surface area contributed by atoms with E-state index < -0.39 is 6.04 Å². The Morgan fingerprint density at radius 2 is 2.03 bits per heavy atom. The lowest BCUT2D eigenvalue weighted by atomic mass is 9.84. The van der Waals surface area contributed by atoms with Crippen molar-refractivity contribution >= 4 is 27.6 Å². The summed E-state index contributed by atoms with van der Waals surface area (Å²) in [5.74, 6) is -0.198. The second kappa shape index (κ2) is 7.66. The molecule has 1 aliphatic carbocycles. The first-order chi connectivity index (χ1) is 15.0. The van der Waals surface area contributed by atoms with Crippen molar-refractivity contribution < 1.29 is 4.79 Å². The van der Waals surface area contributed by atoms with Gasteiger partial charge in [0.1, 0.15) is 0 Å². The Morgan fingerprint density at radius 1 is 1.23 bits per heavy atom. The number of aryl methyl sites for hydroxylation is 1. The van der Waals surface area contributed by atoms with Crippen LogP contribution < -0.4 is 16.7 Å². The maximum atomic E-state index is 12.8. The zero-order valence-corrected chi connectivity index (χ0v) is 17.2. The van der Waals surface area contributed by atoms with Crippen molar-refractivity contribution in [3.63, 3.8) is 0 Å². The predicted molar refractivity (Wildman–Crippen MR) is 116 cm³/mol. The minimum absolute atomic E-state index is 0.160. The van der Waals surface area contributed by atoms with Gasteiger partial charge in [0.05, 0.1) is 40.4 Å². The molecule has 1 fully saturated rings. The van der Waals surface area contributed by atoms with Crippen molar-refractivity contribution in [1.82, 2.24) is 25.0 Å². The average Bonchev–Trinajstić information content (AvgIpc) is 3.31. The number of benzene rings is 1. The topological polar surface area (TPSA) is 132 Å². The van der Waals surface area contributed by atoms with Gasteiger partial charge in [0.25, 0.3) is 11.5 Å². The highest BCUT2D eigenvalue weighted by molar-refractivity contribution is 6.13. The van der Waals surface area contributed by atoms with E-state index in [2.05, 4.69) is 20.3 Å². The first-order valence-corrected chi connectivity index (χ1v) is 10.5. The van der Waals surface area contributed by atoms with Gasteiger partial charge < -0.3 is 5.73 Å². The summed E-state index contributed by atoms with van der Waals surface area (Å²) in [5.41, 5.74) is 7.92. The van der Waals surface area contributed by atoms with Gasteiger partial charge in [-0.15, -0.1) is 0 Å². The number of nitrogens with one attached hydrogen (secondary N) is 1. The second-order valence-corrected chi connectivity index (χ2v) is 8.24. The largest absolute Gasteiger partial charge is 0.320 e. The number of aromatic amines is 1. The van der Waals surface area contributed by atoms with Crippen LogP contribution >= 0.6 is 0 Å². The third-order valence-electron chi connectivity index (χ3n) is 6.12. The molecular weight excluding hydrogens is 394 g/mol. The molecule has 1 saturated carbocycles. The van der Waals surface area contributed by atoms with Crippen LogP contribution in [-0.2, 0) is 11.8 Å². The number of amides is 1. The van der Waals surface area contributed by atoms with Crippen molar-refractivity contribution in [2.75, 3.05) is 0 Å². The molecule has 9 nitrogen and oxygen atoms in total. The Hall–Kier alpha value is -3.46. The molecule has 31 heavy (non-hydrogen) atoms. The molecule has 0 unspecified atom stereocenters. The normalized spacial score (nSPS) is 16.9. The minimum atomic E-state index is -0.624. The number of rotatable bonds is 3. The molecule has 1 aliphatic rings. The van der Waals surface area contributed by atoms with Crippen molar-refractivity contribution in [2.45, 2.75) is 38.1 Å². The summed E-state index contributed by atoms with van der Waals surface area (Å²) in [7, 11) is 1.83. The fraction of sp³-hybridized carbons (Fsp3) is 0.364. The molecular formula is C22H23N7O2. The van der Waals surface area contributed by atoms with Gasteiger partial charge in [-0.2, -0.15) is 10.2 Å². The van der Waals surface area contributed by atoms with Crippen LogP contribution in [0, 0.1) is 5.92 Å². The Morgan fingerprint density at radius 3 is 2.77 bits per heavy atom. The van der Waals surface area contributed by atoms with Crippen LogP contribution in [0.5, 0.6) is 0 Å². The van der Waals surface area contributed by atoms with E-state index in [1.807, 2.05) is 13.2 Å². The molecule has 3 heterocycles. The van der Waals surface area contributed by atoms with Gasteiger partial charge in [0, 0.05) is 29.6 Å². The molecule has 1 aromatic carbocycles. The lowest BCUT2D eigenvalue weighted by molar-refractivity contribution is -0.120. The molecule has 158 valence electrons. The van der Waals surface area contributed by atoms with Crippen LogP contribution in [0.3, 0.4) is 0 Å². The summed E-state index contributed by atoms with van der Waals surface area (Å²) in [6.07, 6.45) is 10.4. The molecule has 0 aliphatic heterocycles. The number of nitrogens with two attached hydrogens (primary N) is 1. The average molecular weight is 417 g/mol. The summed E-state index contributed by atoms with van der Waals surface area (Å²) in [6.45, 7) is 0. The Balaban J connectivity index is 1.66. The second-order valence-electron chi connectivity index (χ2n) is 8.24. The van der Waals surface area contributed by atoms with Gasteiger partial charge in [0.2, 0.25) is 0 Å². The number of nitrogens with zero attached hydrogens (tertiary/aromatic N) is 5. The van der Waals surface area contributed by atoms with Crippen molar-refractivity contribution in [3.8, 4) is 11.3 Å². The number of carbonyl (C=O) groups is 1. The maximum absolute atomic E-state index is 12.8. The Kier molecular flexibility index (Phi) is 4.82. The van der Waals surface area contributed by atoms with Crippen LogP contribution in [0.4, 0.5) is 0 Å². The van der Waals surface area contributed by atoms with E-state index in [4.69, 9.17) is 10.7 Å². The van der Waals surface area contributed by atoms with Crippen LogP contribution in [-0.4, -0.2) is 36.9 Å². The number of H-pyrrole nitrogens is 1. The third kappa shape index (κ3) is 3.50. The SMILES string of the molecule is Cn1cc(-c2nc3cc(=NC(=O)[C@H](N)C4CCCCC4)cc4c(=O)[nH]ncc2c34)cn1. The monoisotopic (exact) mass is 417 g/mol. The standard InChI is InChI=1S/C22H23N7O2/c1-29-11-13(9-25-29)20-16-10-24-28-21(30)15-7-14(8-17(27-20)18(15)16)26-22(31)19(23)12-5-3-2-4-6-12/h7-12,19H,2-6,23H2,1H3,(H,28,30)/t19-/m1/s1. The van der Waals surface area contributed by atoms with Crippen LogP contribution in [0.2, 0.25) is 0 Å². The highest BCUT2D eigenvalue weighted by Crippen LogP contribution is 2.31. The van der Waals surface area contributed by atoms with Gasteiger partial charge >= 0.3 is 0 Å². The predicted octanol–water partition coefficient (Wildman–Crippen LogP) is 1.64.